The van der Waals surface area contributed by atoms with Gasteiger partial charge in [0.2, 0.25) is 0 Å². The van der Waals surface area contributed by atoms with Crippen molar-refractivity contribution in [3.8, 4) is 0 Å². The summed E-state index contributed by atoms with van der Waals surface area (Å²) < 4.78 is 82.2. The van der Waals surface area contributed by atoms with Crippen LogP contribution in [0.3, 0.4) is 0 Å². The number of carbonyl (C=O) groups is 2. The molecule has 0 spiro atoms. The quantitative estimate of drug-likeness (QED) is 0.412. The van der Waals surface area contributed by atoms with Crippen LogP contribution in [0, 0.1) is 0 Å². The molecule has 0 fully saturated rings. The van der Waals surface area contributed by atoms with Gasteiger partial charge in [0.05, 0.1) is 11.1 Å². The molecule has 0 aliphatic carbocycles. The van der Waals surface area contributed by atoms with E-state index in [-0.39, 0.29) is 49.5 Å². The maximum absolute atomic E-state index is 13.9. The van der Waals surface area contributed by atoms with Crippen LogP contribution < -0.4 is 10.2 Å². The third-order valence-electron chi connectivity index (χ3n) is 6.05. The molecule has 0 saturated carbocycles. The SMILES string of the molecule is O=C(O)c1ccc(CCNC(=O)c2c(C(F)(F)F)nn3c2N(Cc2cccc(C(F)(F)F)c2)CCC3)cc1. The van der Waals surface area contributed by atoms with Crippen LogP contribution in [0.5, 0.6) is 0 Å². The van der Waals surface area contributed by atoms with Gasteiger partial charge < -0.3 is 15.3 Å². The van der Waals surface area contributed by atoms with Gasteiger partial charge in [-0.3, -0.25) is 4.79 Å². The Morgan fingerprint density at radius 2 is 1.66 bits per heavy atom. The first-order chi connectivity index (χ1) is 17.8. The van der Waals surface area contributed by atoms with Gasteiger partial charge in [0, 0.05) is 26.2 Å². The molecular formula is C25H22F6N4O3. The zero-order chi connectivity index (χ0) is 27.7. The lowest BCUT2D eigenvalue weighted by Gasteiger charge is -2.30. The third-order valence-corrected chi connectivity index (χ3v) is 6.05. The van der Waals surface area contributed by atoms with Crippen LogP contribution in [0.1, 0.15) is 49.5 Å². The first kappa shape index (κ1) is 27.0. The number of carboxylic acid groups (broad SMARTS) is 1. The number of halogens is 6. The molecule has 7 nitrogen and oxygen atoms in total. The Balaban J connectivity index is 1.59. The molecular weight excluding hydrogens is 518 g/mol. The highest BCUT2D eigenvalue weighted by molar-refractivity contribution is 6.00. The lowest BCUT2D eigenvalue weighted by Crippen LogP contribution is -2.35. The van der Waals surface area contributed by atoms with Gasteiger partial charge in [0.15, 0.2) is 5.69 Å². The number of nitrogens with zero attached hydrogens (tertiary/aromatic N) is 3. The molecule has 0 unspecified atom stereocenters. The molecule has 4 rings (SSSR count). The number of carboxylic acids is 1. The highest BCUT2D eigenvalue weighted by atomic mass is 19.4. The minimum atomic E-state index is -4.94. The number of alkyl halides is 6. The third kappa shape index (κ3) is 5.92. The highest BCUT2D eigenvalue weighted by Crippen LogP contribution is 2.38. The molecule has 38 heavy (non-hydrogen) atoms. The first-order valence-electron chi connectivity index (χ1n) is 11.5. The number of benzene rings is 2. The molecule has 0 saturated heterocycles. The van der Waals surface area contributed by atoms with Gasteiger partial charge in [-0.05, 0) is 48.2 Å². The van der Waals surface area contributed by atoms with Gasteiger partial charge >= 0.3 is 18.3 Å². The lowest BCUT2D eigenvalue weighted by molar-refractivity contribution is -0.142. The summed E-state index contributed by atoms with van der Waals surface area (Å²) in [6.07, 6.45) is -8.91. The maximum atomic E-state index is 13.9. The number of aromatic carboxylic acids is 1. The Labute approximate surface area is 212 Å². The molecule has 0 radical (unpaired) electrons. The minimum absolute atomic E-state index is 0.0409. The van der Waals surface area contributed by atoms with E-state index in [1.54, 1.807) is 0 Å². The van der Waals surface area contributed by atoms with Gasteiger partial charge in [0.25, 0.3) is 5.91 Å². The van der Waals surface area contributed by atoms with Crippen LogP contribution in [-0.4, -0.2) is 39.9 Å². The van der Waals surface area contributed by atoms with Gasteiger partial charge in [-0.15, -0.1) is 0 Å². The van der Waals surface area contributed by atoms with Crippen LogP contribution in [0.2, 0.25) is 0 Å². The molecule has 2 heterocycles. The van der Waals surface area contributed by atoms with E-state index in [2.05, 4.69) is 10.4 Å². The molecule has 1 aliphatic rings. The number of rotatable bonds is 7. The number of anilines is 1. The smallest absolute Gasteiger partial charge is 0.436 e. The van der Waals surface area contributed by atoms with Crippen molar-refractivity contribution in [1.29, 1.82) is 0 Å². The van der Waals surface area contributed by atoms with Crippen LogP contribution in [0.25, 0.3) is 0 Å². The van der Waals surface area contributed by atoms with E-state index in [4.69, 9.17) is 5.11 Å². The molecule has 202 valence electrons. The summed E-state index contributed by atoms with van der Waals surface area (Å²) >= 11 is 0. The van der Waals surface area contributed by atoms with Crippen LogP contribution >= 0.6 is 0 Å². The molecule has 2 aromatic carbocycles. The fraction of sp³-hybridized carbons (Fsp3) is 0.320. The van der Waals surface area contributed by atoms with Gasteiger partial charge in [0.1, 0.15) is 11.4 Å². The maximum Gasteiger partial charge on any atom is 0.436 e. The Kier molecular flexibility index (Phi) is 7.38. The van der Waals surface area contributed by atoms with Crippen molar-refractivity contribution in [1.82, 2.24) is 15.1 Å². The predicted octanol–water partition coefficient (Wildman–Crippen LogP) is 5.00. The van der Waals surface area contributed by atoms with Crippen LogP contribution in [-0.2, 0) is 31.9 Å². The van der Waals surface area contributed by atoms with Crippen molar-refractivity contribution < 1.29 is 41.0 Å². The van der Waals surface area contributed by atoms with Crippen molar-refractivity contribution in [3.05, 3.63) is 82.0 Å². The Hall–Kier alpha value is -4.03. The number of aryl methyl sites for hydroxylation is 1. The minimum Gasteiger partial charge on any atom is -0.478 e. The number of hydrogen-bond acceptors (Lipinski definition) is 4. The summed E-state index contributed by atoms with van der Waals surface area (Å²) in [6, 6.07) is 10.3. The summed E-state index contributed by atoms with van der Waals surface area (Å²) in [7, 11) is 0. The molecule has 13 heteroatoms. The zero-order valence-corrected chi connectivity index (χ0v) is 19.7. The van der Waals surface area contributed by atoms with E-state index in [1.807, 2.05) is 0 Å². The average molecular weight is 540 g/mol. The predicted molar refractivity (Wildman–Crippen MR) is 124 cm³/mol. The topological polar surface area (TPSA) is 87.5 Å². The molecule has 1 aromatic heterocycles. The zero-order valence-electron chi connectivity index (χ0n) is 19.7. The molecule has 2 N–H and O–H groups in total. The van der Waals surface area contributed by atoms with Crippen molar-refractivity contribution in [3.63, 3.8) is 0 Å². The number of aromatic nitrogens is 2. The van der Waals surface area contributed by atoms with Crippen molar-refractivity contribution in [2.75, 3.05) is 18.0 Å². The summed E-state index contributed by atoms with van der Waals surface area (Å²) in [4.78, 5) is 25.4. The number of fused-ring (bicyclic) bond motifs is 1. The van der Waals surface area contributed by atoms with E-state index in [9.17, 15) is 35.9 Å². The van der Waals surface area contributed by atoms with Gasteiger partial charge in [-0.2, -0.15) is 31.4 Å². The standard InChI is InChI=1S/C25H22F6N4O3/c26-24(27,28)18-4-1-3-16(13-18)14-34-11-2-12-35-22(34)19(20(33-35)25(29,30)31)21(36)32-10-9-15-5-7-17(8-6-15)23(37)38/h1,3-8,13H,2,9-12,14H2,(H,32,36)(H,37,38). The van der Waals surface area contributed by atoms with E-state index in [0.29, 0.717) is 12.0 Å². The molecule has 0 atom stereocenters. The summed E-state index contributed by atoms with van der Waals surface area (Å²) in [5.41, 5.74) is -1.99. The molecule has 1 aliphatic heterocycles. The number of hydrogen-bond donors (Lipinski definition) is 2. The average Bonchev–Trinajstić information content (AvgIpc) is 3.26. The fourth-order valence-corrected chi connectivity index (χ4v) is 4.30. The summed E-state index contributed by atoms with van der Waals surface area (Å²) in [5.74, 6) is -2.23. The van der Waals surface area contributed by atoms with Crippen molar-refractivity contribution >= 4 is 17.7 Å². The van der Waals surface area contributed by atoms with E-state index >= 15 is 0 Å². The summed E-state index contributed by atoms with van der Waals surface area (Å²) in [5, 5.41) is 15.1. The van der Waals surface area contributed by atoms with Crippen LogP contribution in [0.4, 0.5) is 32.2 Å². The van der Waals surface area contributed by atoms with Crippen molar-refractivity contribution in [2.45, 2.75) is 38.3 Å². The second-order valence-electron chi connectivity index (χ2n) is 8.75. The molecule has 0 bridgehead atoms. The van der Waals surface area contributed by atoms with Crippen LogP contribution in [0.15, 0.2) is 48.5 Å². The van der Waals surface area contributed by atoms with E-state index in [1.165, 1.54) is 41.3 Å². The normalized spacial score (nSPS) is 13.8. The number of carbonyl (C=O) groups excluding carboxylic acids is 1. The second kappa shape index (κ2) is 10.4. The largest absolute Gasteiger partial charge is 0.478 e. The monoisotopic (exact) mass is 540 g/mol. The Morgan fingerprint density at radius 3 is 2.29 bits per heavy atom. The molecule has 3 aromatic rings. The first-order valence-corrected chi connectivity index (χ1v) is 11.5. The van der Waals surface area contributed by atoms with Gasteiger partial charge in [-0.1, -0.05) is 24.3 Å². The fourth-order valence-electron chi connectivity index (χ4n) is 4.30. The van der Waals surface area contributed by atoms with Gasteiger partial charge in [-0.25, -0.2) is 9.48 Å². The molecule has 1 amide bonds. The van der Waals surface area contributed by atoms with Crippen molar-refractivity contribution in [2.24, 2.45) is 0 Å². The summed E-state index contributed by atoms with van der Waals surface area (Å²) in [6.45, 7) is 0.139. The van der Waals surface area contributed by atoms with E-state index < -0.39 is 41.0 Å². The Bertz CT molecular complexity index is 1330. The Morgan fingerprint density at radius 1 is 0.947 bits per heavy atom. The highest BCUT2D eigenvalue weighted by Gasteiger charge is 2.43. The lowest BCUT2D eigenvalue weighted by atomic mass is 10.1. The second-order valence-corrected chi connectivity index (χ2v) is 8.75. The van der Waals surface area contributed by atoms with E-state index in [0.717, 1.165) is 16.8 Å². The number of amides is 1. The number of nitrogens with one attached hydrogen (secondary N) is 1.